The van der Waals surface area contributed by atoms with Gasteiger partial charge in [-0.25, -0.2) is 9.18 Å². The number of aldehydes is 1. The molecule has 1 heterocycles. The van der Waals surface area contributed by atoms with Crippen molar-refractivity contribution in [2.45, 2.75) is 31.2 Å². The molecule has 8 heteroatoms. The van der Waals surface area contributed by atoms with Crippen LogP contribution in [0.25, 0.3) is 0 Å². The highest BCUT2D eigenvalue weighted by atomic mass is 32.2. The molecule has 6 nitrogen and oxygen atoms in total. The molecule has 1 aliphatic rings. The summed E-state index contributed by atoms with van der Waals surface area (Å²) >= 11 is 1.33. The summed E-state index contributed by atoms with van der Waals surface area (Å²) < 4.78 is 14.2. The number of anilines is 1. The topological polar surface area (TPSA) is 78.5 Å². The van der Waals surface area contributed by atoms with Crippen molar-refractivity contribution >= 4 is 35.7 Å². The fraction of sp³-hybridized carbons (Fsp3) is 0.318. The fourth-order valence-electron chi connectivity index (χ4n) is 3.26. The van der Waals surface area contributed by atoms with Crippen LogP contribution < -0.4 is 10.6 Å². The van der Waals surface area contributed by atoms with E-state index in [0.717, 1.165) is 5.56 Å². The van der Waals surface area contributed by atoms with Gasteiger partial charge in [0.15, 0.2) is 0 Å². The second-order valence-corrected chi connectivity index (χ2v) is 8.41. The van der Waals surface area contributed by atoms with Crippen LogP contribution in [0.2, 0.25) is 0 Å². The van der Waals surface area contributed by atoms with Crippen LogP contribution >= 0.6 is 11.8 Å². The van der Waals surface area contributed by atoms with E-state index in [0.29, 0.717) is 29.2 Å². The lowest BCUT2D eigenvalue weighted by atomic mass is 10.0. The van der Waals surface area contributed by atoms with Gasteiger partial charge in [0.25, 0.3) is 0 Å². The molecule has 1 fully saturated rings. The normalized spacial score (nSPS) is 18.3. The SMILES string of the molecule is CC(C)c1cccc(NC(=O)NCC(=O)N2C(C=O)CSC2c2ccccc2F)c1. The van der Waals surface area contributed by atoms with E-state index in [9.17, 15) is 18.8 Å². The van der Waals surface area contributed by atoms with Crippen LogP contribution in [0.1, 0.15) is 36.3 Å². The van der Waals surface area contributed by atoms with E-state index in [1.807, 2.05) is 18.2 Å². The number of hydrogen-bond donors (Lipinski definition) is 2. The first-order valence-electron chi connectivity index (χ1n) is 9.68. The largest absolute Gasteiger partial charge is 0.329 e. The van der Waals surface area contributed by atoms with Crippen LogP contribution in [0.5, 0.6) is 0 Å². The Morgan fingerprint density at radius 2 is 2.00 bits per heavy atom. The summed E-state index contributed by atoms with van der Waals surface area (Å²) in [4.78, 5) is 37.8. The third kappa shape index (κ3) is 4.99. The van der Waals surface area contributed by atoms with E-state index in [1.54, 1.807) is 24.3 Å². The highest BCUT2D eigenvalue weighted by molar-refractivity contribution is 7.99. The van der Waals surface area contributed by atoms with Gasteiger partial charge in [-0.3, -0.25) is 4.79 Å². The van der Waals surface area contributed by atoms with Gasteiger partial charge in [0.05, 0.1) is 12.6 Å². The molecule has 3 amide bonds. The molecule has 2 aromatic rings. The van der Waals surface area contributed by atoms with Gasteiger partial charge >= 0.3 is 6.03 Å². The molecule has 0 saturated carbocycles. The van der Waals surface area contributed by atoms with Crippen LogP contribution in [-0.4, -0.2) is 41.5 Å². The first kappa shape index (κ1) is 21.8. The maximum atomic E-state index is 14.2. The molecule has 2 atom stereocenters. The minimum atomic E-state index is -0.667. The average Bonchev–Trinajstić information content (AvgIpc) is 3.16. The molecular weight excluding hydrogens is 405 g/mol. The number of thioether (sulfide) groups is 1. The van der Waals surface area contributed by atoms with E-state index in [2.05, 4.69) is 24.5 Å². The molecule has 0 spiro atoms. The van der Waals surface area contributed by atoms with Gasteiger partial charge in [0.2, 0.25) is 5.91 Å². The van der Waals surface area contributed by atoms with Crippen molar-refractivity contribution in [2.24, 2.45) is 0 Å². The summed E-state index contributed by atoms with van der Waals surface area (Å²) in [7, 11) is 0. The summed E-state index contributed by atoms with van der Waals surface area (Å²) in [6.45, 7) is 3.81. The molecule has 0 aromatic heterocycles. The Morgan fingerprint density at radius 3 is 2.70 bits per heavy atom. The van der Waals surface area contributed by atoms with Gasteiger partial charge in [-0.05, 0) is 29.7 Å². The monoisotopic (exact) mass is 429 g/mol. The number of urea groups is 1. The van der Waals surface area contributed by atoms with Crippen molar-refractivity contribution in [1.29, 1.82) is 0 Å². The Bertz CT molecular complexity index is 937. The molecular formula is C22H24FN3O3S. The lowest BCUT2D eigenvalue weighted by molar-refractivity contribution is -0.135. The Morgan fingerprint density at radius 1 is 1.23 bits per heavy atom. The summed E-state index contributed by atoms with van der Waals surface area (Å²) in [6.07, 6.45) is 0.684. The number of nitrogens with zero attached hydrogens (tertiary/aromatic N) is 1. The van der Waals surface area contributed by atoms with Crippen molar-refractivity contribution < 1.29 is 18.8 Å². The number of carbonyl (C=O) groups is 3. The third-order valence-corrected chi connectivity index (χ3v) is 6.19. The molecule has 1 aliphatic heterocycles. The first-order valence-corrected chi connectivity index (χ1v) is 10.7. The van der Waals surface area contributed by atoms with Crippen LogP contribution in [0.3, 0.4) is 0 Å². The van der Waals surface area contributed by atoms with Gasteiger partial charge < -0.3 is 20.3 Å². The van der Waals surface area contributed by atoms with Crippen LogP contribution in [0.4, 0.5) is 14.9 Å². The second-order valence-electron chi connectivity index (χ2n) is 7.30. The van der Waals surface area contributed by atoms with Gasteiger partial charge in [-0.2, -0.15) is 0 Å². The average molecular weight is 430 g/mol. The Balaban J connectivity index is 1.65. The van der Waals surface area contributed by atoms with E-state index in [1.165, 1.54) is 22.7 Å². The zero-order chi connectivity index (χ0) is 21.7. The number of halogens is 1. The number of nitrogens with one attached hydrogen (secondary N) is 2. The molecule has 2 aromatic carbocycles. The van der Waals surface area contributed by atoms with E-state index >= 15 is 0 Å². The minimum absolute atomic E-state index is 0.300. The molecule has 0 bridgehead atoms. The standard InChI is InChI=1S/C22H24FN3O3S/c1-14(2)15-6-5-7-16(10-15)25-22(29)24-11-20(28)26-17(12-27)13-30-21(26)18-8-3-4-9-19(18)23/h3-10,12,14,17,21H,11,13H2,1-2H3,(H2,24,25,29). The number of carbonyl (C=O) groups excluding carboxylic acids is 3. The number of rotatable bonds is 6. The fourth-order valence-corrected chi connectivity index (χ4v) is 4.68. The summed E-state index contributed by atoms with van der Waals surface area (Å²) in [6, 6.07) is 12.5. The molecule has 1 saturated heterocycles. The van der Waals surface area contributed by atoms with E-state index in [-0.39, 0.29) is 6.54 Å². The smallest absolute Gasteiger partial charge is 0.319 e. The van der Waals surface area contributed by atoms with Crippen molar-refractivity contribution in [1.82, 2.24) is 10.2 Å². The molecule has 2 N–H and O–H groups in total. The van der Waals surface area contributed by atoms with Crippen LogP contribution in [-0.2, 0) is 9.59 Å². The van der Waals surface area contributed by atoms with Crippen molar-refractivity contribution in [2.75, 3.05) is 17.6 Å². The van der Waals surface area contributed by atoms with Crippen LogP contribution in [0.15, 0.2) is 48.5 Å². The predicted molar refractivity (Wildman–Crippen MR) is 116 cm³/mol. The quantitative estimate of drug-likeness (QED) is 0.683. The van der Waals surface area contributed by atoms with E-state index < -0.39 is 29.2 Å². The Kier molecular flexibility index (Phi) is 7.10. The highest BCUT2D eigenvalue weighted by Crippen LogP contribution is 2.41. The second kappa shape index (κ2) is 9.75. The zero-order valence-corrected chi connectivity index (χ0v) is 17.6. The molecule has 0 radical (unpaired) electrons. The Hall–Kier alpha value is -2.87. The van der Waals surface area contributed by atoms with Gasteiger partial charge in [-0.1, -0.05) is 44.2 Å². The third-order valence-electron chi connectivity index (χ3n) is 4.86. The molecule has 30 heavy (non-hydrogen) atoms. The number of hydrogen-bond acceptors (Lipinski definition) is 4. The van der Waals surface area contributed by atoms with Crippen molar-refractivity contribution in [3.05, 3.63) is 65.5 Å². The maximum absolute atomic E-state index is 14.2. The Labute approximate surface area is 179 Å². The number of amides is 3. The van der Waals surface area contributed by atoms with E-state index in [4.69, 9.17) is 0 Å². The molecule has 0 aliphatic carbocycles. The maximum Gasteiger partial charge on any atom is 0.319 e. The first-order chi connectivity index (χ1) is 14.4. The molecule has 2 unspecified atom stereocenters. The molecule has 158 valence electrons. The minimum Gasteiger partial charge on any atom is -0.329 e. The highest BCUT2D eigenvalue weighted by Gasteiger charge is 2.39. The lowest BCUT2D eigenvalue weighted by Gasteiger charge is -2.27. The predicted octanol–water partition coefficient (Wildman–Crippen LogP) is 3.91. The van der Waals surface area contributed by atoms with Gasteiger partial charge in [0, 0.05) is 17.0 Å². The number of benzene rings is 2. The van der Waals surface area contributed by atoms with Crippen molar-refractivity contribution in [3.8, 4) is 0 Å². The van der Waals surface area contributed by atoms with Gasteiger partial charge in [0.1, 0.15) is 17.5 Å². The summed E-state index contributed by atoms with van der Waals surface area (Å²) in [5.74, 6) is -0.186. The molecule has 3 rings (SSSR count). The summed E-state index contributed by atoms with van der Waals surface area (Å²) in [5, 5.41) is 4.62. The van der Waals surface area contributed by atoms with Gasteiger partial charge in [-0.15, -0.1) is 11.8 Å². The summed E-state index contributed by atoms with van der Waals surface area (Å²) in [5.41, 5.74) is 2.05. The lowest BCUT2D eigenvalue weighted by Crippen LogP contribution is -2.45. The van der Waals surface area contributed by atoms with Crippen molar-refractivity contribution in [3.63, 3.8) is 0 Å². The van der Waals surface area contributed by atoms with Crippen LogP contribution in [0, 0.1) is 5.82 Å². The zero-order valence-electron chi connectivity index (χ0n) is 16.8.